The minimum Gasteiger partial charge on any atom is -0.354 e. The number of benzene rings is 2. The minimum atomic E-state index is -0.618. The molecule has 0 fully saturated rings. The van der Waals surface area contributed by atoms with Gasteiger partial charge in [0.15, 0.2) is 0 Å². The van der Waals surface area contributed by atoms with E-state index in [0.717, 1.165) is 36.2 Å². The van der Waals surface area contributed by atoms with Gasteiger partial charge in [-0.15, -0.1) is 0 Å². The first-order valence-electron chi connectivity index (χ1n) is 15.3. The number of nitrogens with one attached hydrogen (secondary N) is 2. The summed E-state index contributed by atoms with van der Waals surface area (Å²) in [4.78, 5) is 23.6. The van der Waals surface area contributed by atoms with Crippen molar-refractivity contribution < 1.29 is 4.79 Å². The number of pyridine rings is 1. The lowest BCUT2D eigenvalue weighted by Gasteiger charge is -2.31. The Hall–Kier alpha value is -3.90. The van der Waals surface area contributed by atoms with Crippen LogP contribution in [0.5, 0.6) is 0 Å². The molecule has 0 aliphatic rings. The topological polar surface area (TPSA) is 65.4 Å². The fourth-order valence-corrected chi connectivity index (χ4v) is 6.26. The number of nitrogens with zero attached hydrogens (tertiary/aromatic N) is 3. The third-order valence-electron chi connectivity index (χ3n) is 8.64. The van der Waals surface area contributed by atoms with Crippen LogP contribution in [0.25, 0.3) is 27.8 Å². The van der Waals surface area contributed by atoms with E-state index in [9.17, 15) is 4.79 Å². The molecule has 3 aromatic heterocycles. The third kappa shape index (κ3) is 5.86. The van der Waals surface area contributed by atoms with Gasteiger partial charge in [-0.25, -0.2) is 4.98 Å². The fourth-order valence-electron chi connectivity index (χ4n) is 6.26. The van der Waals surface area contributed by atoms with Gasteiger partial charge in [0.2, 0.25) is 5.91 Å². The molecule has 0 aliphatic heterocycles. The number of hydrogen-bond donors (Lipinski definition) is 2. The van der Waals surface area contributed by atoms with E-state index in [1.807, 2.05) is 31.1 Å². The summed E-state index contributed by atoms with van der Waals surface area (Å²) in [7, 11) is 0. The van der Waals surface area contributed by atoms with Crippen molar-refractivity contribution in [3.05, 3.63) is 94.9 Å². The summed E-state index contributed by atoms with van der Waals surface area (Å²) in [6, 6.07) is 17.5. The highest BCUT2D eigenvalue weighted by Crippen LogP contribution is 2.38. The molecular formula is C36H45N5O. The minimum absolute atomic E-state index is 0.169. The molecule has 42 heavy (non-hydrogen) atoms. The van der Waals surface area contributed by atoms with Gasteiger partial charge < -0.3 is 19.6 Å². The molecule has 5 aromatic rings. The van der Waals surface area contributed by atoms with E-state index in [1.165, 1.54) is 38.9 Å². The van der Waals surface area contributed by atoms with E-state index in [2.05, 4.69) is 109 Å². The summed E-state index contributed by atoms with van der Waals surface area (Å²) < 4.78 is 2.07. The number of fused-ring (bicyclic) bond motifs is 2. The quantitative estimate of drug-likeness (QED) is 0.167. The number of hydrogen-bond acceptors (Lipinski definition) is 3. The lowest BCUT2D eigenvalue weighted by atomic mass is 9.81. The highest BCUT2D eigenvalue weighted by atomic mass is 16.2. The Kier molecular flexibility index (Phi) is 8.55. The SMILES string of the molecule is CCN(CC)C(=O)C(C)(C)c1ccc2[nH]c(-c3cc(C)cc(C)c3)c([C@H](C)CNCCc3ccc4nccn4c3)c2c1. The van der Waals surface area contributed by atoms with E-state index in [4.69, 9.17) is 0 Å². The van der Waals surface area contributed by atoms with Crippen LogP contribution in [0.3, 0.4) is 0 Å². The number of aromatic nitrogens is 3. The number of likely N-dealkylation sites (N-methyl/N-ethyl adjacent to an activating group) is 1. The van der Waals surface area contributed by atoms with E-state index >= 15 is 0 Å². The van der Waals surface area contributed by atoms with Crippen LogP contribution in [0, 0.1) is 13.8 Å². The Balaban J connectivity index is 1.46. The Morgan fingerprint density at radius 3 is 2.50 bits per heavy atom. The zero-order valence-electron chi connectivity index (χ0n) is 26.2. The van der Waals surface area contributed by atoms with Crippen molar-refractivity contribution in [2.45, 2.75) is 66.2 Å². The van der Waals surface area contributed by atoms with Crippen LogP contribution in [0.4, 0.5) is 0 Å². The number of H-pyrrole nitrogens is 1. The van der Waals surface area contributed by atoms with Crippen LogP contribution < -0.4 is 5.32 Å². The zero-order chi connectivity index (χ0) is 30.0. The molecule has 3 heterocycles. The number of imidazole rings is 1. The Bertz CT molecular complexity index is 1680. The fraction of sp³-hybridized carbons (Fsp3) is 0.389. The molecule has 0 aliphatic carbocycles. The number of amides is 1. The molecule has 1 atom stereocenters. The molecule has 2 N–H and O–H groups in total. The molecule has 0 unspecified atom stereocenters. The summed E-state index contributed by atoms with van der Waals surface area (Å²) in [6.45, 7) is 18.0. The first-order valence-corrected chi connectivity index (χ1v) is 15.3. The first kappa shape index (κ1) is 29.6. The maximum absolute atomic E-state index is 13.5. The van der Waals surface area contributed by atoms with Crippen molar-refractivity contribution in [1.29, 1.82) is 0 Å². The molecule has 5 rings (SSSR count). The van der Waals surface area contributed by atoms with E-state index in [0.29, 0.717) is 13.1 Å². The molecular weight excluding hydrogens is 518 g/mol. The van der Waals surface area contributed by atoms with Crippen LogP contribution in [-0.2, 0) is 16.6 Å². The summed E-state index contributed by atoms with van der Waals surface area (Å²) in [5.74, 6) is 0.421. The maximum atomic E-state index is 13.5. The van der Waals surface area contributed by atoms with E-state index < -0.39 is 5.41 Å². The summed E-state index contributed by atoms with van der Waals surface area (Å²) >= 11 is 0. The Morgan fingerprint density at radius 2 is 1.79 bits per heavy atom. The molecule has 6 nitrogen and oxygen atoms in total. The van der Waals surface area contributed by atoms with Gasteiger partial charge in [-0.3, -0.25) is 4.79 Å². The molecule has 0 radical (unpaired) electrons. The second kappa shape index (κ2) is 12.1. The lowest BCUT2D eigenvalue weighted by Crippen LogP contribution is -2.43. The molecule has 0 bridgehead atoms. The largest absolute Gasteiger partial charge is 0.354 e. The van der Waals surface area contributed by atoms with Crippen molar-refractivity contribution in [2.75, 3.05) is 26.2 Å². The van der Waals surface area contributed by atoms with Crippen molar-refractivity contribution in [3.63, 3.8) is 0 Å². The number of carbonyl (C=O) groups is 1. The number of carbonyl (C=O) groups excluding carboxylic acids is 1. The van der Waals surface area contributed by atoms with Gasteiger partial charge in [0, 0.05) is 49.1 Å². The normalized spacial score (nSPS) is 12.7. The van der Waals surface area contributed by atoms with Gasteiger partial charge in [0.25, 0.3) is 0 Å². The smallest absolute Gasteiger partial charge is 0.232 e. The zero-order valence-corrected chi connectivity index (χ0v) is 26.2. The van der Waals surface area contributed by atoms with Crippen LogP contribution in [-0.4, -0.2) is 51.4 Å². The number of aryl methyl sites for hydroxylation is 2. The predicted octanol–water partition coefficient (Wildman–Crippen LogP) is 7.18. The molecule has 0 saturated carbocycles. The summed E-state index contributed by atoms with van der Waals surface area (Å²) in [5, 5.41) is 4.92. The van der Waals surface area contributed by atoms with E-state index in [-0.39, 0.29) is 11.8 Å². The third-order valence-corrected chi connectivity index (χ3v) is 8.64. The number of aromatic amines is 1. The van der Waals surface area contributed by atoms with Crippen LogP contribution in [0.15, 0.2) is 67.1 Å². The lowest BCUT2D eigenvalue weighted by molar-refractivity contribution is -0.135. The maximum Gasteiger partial charge on any atom is 0.232 e. The standard InChI is InChI=1S/C36H45N5O/c1-8-40(9-2)35(42)36(6,7)29-11-12-31-30(21-29)33(34(39-31)28-19-24(3)18-25(4)20-28)26(5)22-37-15-14-27-10-13-32-38-16-17-41(32)23-27/h10-13,16-21,23,26,37,39H,8-9,14-15,22H2,1-7H3/t26-/m1/s1. The molecule has 0 saturated heterocycles. The molecule has 6 heteroatoms. The van der Waals surface area contributed by atoms with E-state index in [1.54, 1.807) is 0 Å². The highest BCUT2D eigenvalue weighted by Gasteiger charge is 2.33. The predicted molar refractivity (Wildman–Crippen MR) is 174 cm³/mol. The van der Waals surface area contributed by atoms with Crippen LogP contribution >= 0.6 is 0 Å². The van der Waals surface area contributed by atoms with Crippen molar-refractivity contribution >= 4 is 22.5 Å². The van der Waals surface area contributed by atoms with Gasteiger partial charge in [-0.2, -0.15) is 0 Å². The summed E-state index contributed by atoms with van der Waals surface area (Å²) in [6.07, 6.45) is 6.93. The van der Waals surface area contributed by atoms with Gasteiger partial charge in [-0.05, 0) is 113 Å². The van der Waals surface area contributed by atoms with Gasteiger partial charge in [0.05, 0.1) is 11.1 Å². The summed E-state index contributed by atoms with van der Waals surface area (Å²) in [5.41, 5.74) is 9.98. The van der Waals surface area contributed by atoms with Gasteiger partial charge in [0.1, 0.15) is 5.65 Å². The molecule has 2 aromatic carbocycles. The highest BCUT2D eigenvalue weighted by molar-refractivity contribution is 5.94. The second-order valence-electron chi connectivity index (χ2n) is 12.2. The van der Waals surface area contributed by atoms with Gasteiger partial charge in [-0.1, -0.05) is 36.2 Å². The van der Waals surface area contributed by atoms with Crippen molar-refractivity contribution in [1.82, 2.24) is 24.6 Å². The van der Waals surface area contributed by atoms with Gasteiger partial charge >= 0.3 is 0 Å². The first-order chi connectivity index (χ1) is 20.1. The second-order valence-corrected chi connectivity index (χ2v) is 12.2. The molecule has 0 spiro atoms. The molecule has 220 valence electrons. The average molecular weight is 564 g/mol. The Morgan fingerprint density at radius 1 is 1.05 bits per heavy atom. The van der Waals surface area contributed by atoms with Crippen LogP contribution in [0.2, 0.25) is 0 Å². The van der Waals surface area contributed by atoms with Crippen LogP contribution in [0.1, 0.15) is 68.4 Å². The number of rotatable bonds is 11. The monoisotopic (exact) mass is 563 g/mol. The average Bonchev–Trinajstić information content (AvgIpc) is 3.59. The van der Waals surface area contributed by atoms with Crippen molar-refractivity contribution in [3.8, 4) is 11.3 Å². The molecule has 1 amide bonds. The van der Waals surface area contributed by atoms with Crippen molar-refractivity contribution in [2.24, 2.45) is 0 Å². The Labute approximate surface area is 250 Å².